The van der Waals surface area contributed by atoms with E-state index in [1.165, 1.54) is 0 Å². The van der Waals surface area contributed by atoms with Gasteiger partial charge in [0, 0.05) is 15.3 Å². The van der Waals surface area contributed by atoms with Crippen molar-refractivity contribution in [3.8, 4) is 5.75 Å². The van der Waals surface area contributed by atoms with Crippen molar-refractivity contribution in [2.24, 2.45) is 10.9 Å². The predicted molar refractivity (Wildman–Crippen MR) is 91.5 cm³/mol. The summed E-state index contributed by atoms with van der Waals surface area (Å²) >= 11 is 4.30. The molecule has 5 heteroatoms. The molecule has 0 aliphatic heterocycles. The molecule has 0 aromatic heterocycles. The van der Waals surface area contributed by atoms with Crippen LogP contribution in [0.15, 0.2) is 17.1 Å². The van der Waals surface area contributed by atoms with Crippen molar-refractivity contribution in [3.63, 3.8) is 0 Å². The highest BCUT2D eigenvalue weighted by atomic mass is 127. The van der Waals surface area contributed by atoms with Crippen LogP contribution in [0.25, 0.3) is 0 Å². The molecule has 0 aliphatic carbocycles. The van der Waals surface area contributed by atoms with Crippen molar-refractivity contribution in [1.29, 1.82) is 0 Å². The van der Waals surface area contributed by atoms with Gasteiger partial charge < -0.3 is 10.2 Å². The number of nitrogens with zero attached hydrogens (tertiary/aromatic N) is 1. The smallest absolute Gasteiger partial charge is 0.137 e. The lowest BCUT2D eigenvalue weighted by atomic mass is 10.1. The molecule has 0 aliphatic rings. The van der Waals surface area contributed by atoms with E-state index in [0.717, 1.165) is 13.6 Å². The summed E-state index contributed by atoms with van der Waals surface area (Å²) in [5.41, 5.74) is 0.702. The molecule has 18 heavy (non-hydrogen) atoms. The van der Waals surface area contributed by atoms with Gasteiger partial charge in [0.2, 0.25) is 0 Å². The molecule has 2 N–H and O–H groups in total. The highest BCUT2D eigenvalue weighted by Gasteiger charge is 2.09. The summed E-state index contributed by atoms with van der Waals surface area (Å²) in [6, 6.07) is 3.69. The Hall–Kier alpha value is 0.110. The molecule has 0 spiro atoms. The minimum absolute atomic E-state index is 0.0382. The first-order chi connectivity index (χ1) is 8.43. The number of aliphatic imine (C=N–C) groups is 1. The maximum atomic E-state index is 9.92. The molecule has 0 amide bonds. The monoisotopic (exact) mass is 473 g/mol. The van der Waals surface area contributed by atoms with Gasteiger partial charge in [-0.1, -0.05) is 13.8 Å². The molecule has 100 valence electrons. The molecular formula is C13H17I2NO2. The number of aliphatic hydroxyl groups is 1. The maximum absolute atomic E-state index is 9.92. The van der Waals surface area contributed by atoms with Gasteiger partial charge in [-0.05, 0) is 69.7 Å². The highest BCUT2D eigenvalue weighted by Crippen LogP contribution is 2.25. The van der Waals surface area contributed by atoms with Crippen molar-refractivity contribution in [1.82, 2.24) is 0 Å². The molecule has 3 nitrogen and oxygen atoms in total. The summed E-state index contributed by atoms with van der Waals surface area (Å²) in [5.74, 6) is 0.741. The third-order valence-electron chi connectivity index (χ3n) is 2.44. The van der Waals surface area contributed by atoms with Crippen LogP contribution in [0.1, 0.15) is 25.8 Å². The molecule has 0 heterocycles. The third-order valence-corrected chi connectivity index (χ3v) is 3.88. The number of phenolic OH excluding ortho intramolecular Hbond substituents is 1. The van der Waals surface area contributed by atoms with Crippen LogP contribution < -0.4 is 0 Å². The molecule has 0 radical (unpaired) electrons. The van der Waals surface area contributed by atoms with Crippen LogP contribution in [0.5, 0.6) is 5.75 Å². The van der Waals surface area contributed by atoms with E-state index in [1.54, 1.807) is 6.21 Å². The van der Waals surface area contributed by atoms with Crippen molar-refractivity contribution >= 4 is 51.4 Å². The SMILES string of the molecule is CC(C)C[C@@H](CO)N=Cc1cc(I)cc(I)c1O. The lowest BCUT2D eigenvalue weighted by Crippen LogP contribution is -2.13. The standard InChI is InChI=1S/C13H17I2NO2/c1-8(2)3-11(7-17)16-6-9-4-10(14)5-12(15)13(9)18/h4-6,8,11,17-18H,3,7H2,1-2H3/t11-/m0/s1. The van der Waals surface area contributed by atoms with E-state index in [-0.39, 0.29) is 18.4 Å². The van der Waals surface area contributed by atoms with Crippen LogP contribution in [0.3, 0.4) is 0 Å². The summed E-state index contributed by atoms with van der Waals surface area (Å²) in [7, 11) is 0. The van der Waals surface area contributed by atoms with Crippen LogP contribution in [0, 0.1) is 13.1 Å². The van der Waals surface area contributed by atoms with Gasteiger partial charge in [0.05, 0.1) is 16.2 Å². The zero-order chi connectivity index (χ0) is 13.7. The Morgan fingerprint density at radius 3 is 2.56 bits per heavy atom. The number of halogens is 2. The fourth-order valence-corrected chi connectivity index (χ4v) is 3.49. The van der Waals surface area contributed by atoms with Crippen molar-refractivity contribution < 1.29 is 10.2 Å². The van der Waals surface area contributed by atoms with Gasteiger partial charge in [0.25, 0.3) is 0 Å². The first-order valence-electron chi connectivity index (χ1n) is 5.76. The zero-order valence-corrected chi connectivity index (χ0v) is 14.7. The number of hydrogen-bond donors (Lipinski definition) is 2. The molecule has 0 saturated carbocycles. The summed E-state index contributed by atoms with van der Waals surface area (Å²) in [4.78, 5) is 4.35. The zero-order valence-electron chi connectivity index (χ0n) is 10.4. The van der Waals surface area contributed by atoms with Crippen LogP contribution in [-0.2, 0) is 0 Å². The largest absolute Gasteiger partial charge is 0.506 e. The van der Waals surface area contributed by atoms with Gasteiger partial charge in [-0.2, -0.15) is 0 Å². The van der Waals surface area contributed by atoms with Crippen molar-refractivity contribution in [2.75, 3.05) is 6.61 Å². The van der Waals surface area contributed by atoms with Crippen molar-refractivity contribution in [2.45, 2.75) is 26.3 Å². The lowest BCUT2D eigenvalue weighted by molar-refractivity contribution is 0.251. The third kappa shape index (κ3) is 5.00. The second-order valence-electron chi connectivity index (χ2n) is 4.57. The molecule has 0 fully saturated rings. The average Bonchev–Trinajstić information content (AvgIpc) is 2.29. The van der Waals surface area contributed by atoms with Crippen molar-refractivity contribution in [3.05, 3.63) is 24.8 Å². The van der Waals surface area contributed by atoms with Gasteiger partial charge in [0.15, 0.2) is 0 Å². The summed E-state index contributed by atoms with van der Waals surface area (Å²) < 4.78 is 1.87. The average molecular weight is 473 g/mol. The Balaban J connectivity index is 2.89. The van der Waals surface area contributed by atoms with Crippen LogP contribution in [0.2, 0.25) is 0 Å². The second-order valence-corrected chi connectivity index (χ2v) is 6.98. The van der Waals surface area contributed by atoms with E-state index in [1.807, 2.05) is 12.1 Å². The predicted octanol–water partition coefficient (Wildman–Crippen LogP) is 3.43. The quantitative estimate of drug-likeness (QED) is 0.509. The number of aliphatic hydroxyl groups excluding tert-OH is 1. The van der Waals surface area contributed by atoms with Gasteiger partial charge in [-0.3, -0.25) is 4.99 Å². The Kier molecular flexibility index (Phi) is 6.86. The maximum Gasteiger partial charge on any atom is 0.137 e. The van der Waals surface area contributed by atoms with Gasteiger partial charge in [-0.25, -0.2) is 0 Å². The van der Waals surface area contributed by atoms with Crippen LogP contribution >= 0.6 is 45.2 Å². The Bertz CT molecular complexity index is 433. The van der Waals surface area contributed by atoms with E-state index in [4.69, 9.17) is 0 Å². The number of aromatic hydroxyl groups is 1. The fourth-order valence-electron chi connectivity index (χ4n) is 1.60. The summed E-state index contributed by atoms with van der Waals surface area (Å²) in [6.07, 6.45) is 2.50. The first kappa shape index (κ1) is 16.2. The van der Waals surface area contributed by atoms with Gasteiger partial charge in [0.1, 0.15) is 5.75 Å². The Morgan fingerprint density at radius 2 is 2.00 bits per heavy atom. The van der Waals surface area contributed by atoms with E-state index in [2.05, 4.69) is 64.0 Å². The molecular weight excluding hydrogens is 456 g/mol. The van der Waals surface area contributed by atoms with Gasteiger partial charge in [-0.15, -0.1) is 0 Å². The fraction of sp³-hybridized carbons (Fsp3) is 0.462. The Morgan fingerprint density at radius 1 is 1.33 bits per heavy atom. The van der Waals surface area contributed by atoms with Crippen LogP contribution in [0.4, 0.5) is 0 Å². The second kappa shape index (κ2) is 7.64. The molecule has 1 rings (SSSR count). The molecule has 1 atom stereocenters. The normalized spacial score (nSPS) is 13.4. The van der Waals surface area contributed by atoms with E-state index in [0.29, 0.717) is 11.5 Å². The van der Waals surface area contributed by atoms with E-state index in [9.17, 15) is 10.2 Å². The first-order valence-corrected chi connectivity index (χ1v) is 7.91. The molecule has 0 saturated heterocycles. The minimum Gasteiger partial charge on any atom is -0.506 e. The minimum atomic E-state index is -0.0973. The lowest BCUT2D eigenvalue weighted by Gasteiger charge is -2.11. The highest BCUT2D eigenvalue weighted by molar-refractivity contribution is 14.1. The Labute approximate surface area is 135 Å². The summed E-state index contributed by atoms with van der Waals surface area (Å²) in [6.45, 7) is 4.24. The summed E-state index contributed by atoms with van der Waals surface area (Å²) in [5, 5.41) is 19.2. The van der Waals surface area contributed by atoms with E-state index >= 15 is 0 Å². The van der Waals surface area contributed by atoms with E-state index < -0.39 is 0 Å². The molecule has 1 aromatic rings. The molecule has 0 unspecified atom stereocenters. The number of hydrogen-bond acceptors (Lipinski definition) is 3. The molecule has 0 bridgehead atoms. The molecule has 1 aromatic carbocycles. The topological polar surface area (TPSA) is 52.8 Å². The van der Waals surface area contributed by atoms with Gasteiger partial charge >= 0.3 is 0 Å². The number of benzene rings is 1. The number of phenols is 1. The van der Waals surface area contributed by atoms with Crippen LogP contribution in [-0.4, -0.2) is 29.1 Å². The number of rotatable bonds is 5.